The molecule has 0 spiro atoms. The Balaban J connectivity index is 1.93. The summed E-state index contributed by atoms with van der Waals surface area (Å²) in [6.07, 6.45) is -4.61. The van der Waals surface area contributed by atoms with E-state index in [0.717, 1.165) is 12.4 Å². The average Bonchev–Trinajstić information content (AvgIpc) is 3.32. The molecule has 0 aliphatic carbocycles. The largest absolute Gasteiger partial charge is 0.420 e. The number of nitriles is 1. The van der Waals surface area contributed by atoms with Gasteiger partial charge in [-0.25, -0.2) is 18.6 Å². The second-order valence-corrected chi connectivity index (χ2v) is 6.63. The van der Waals surface area contributed by atoms with E-state index in [1.807, 2.05) is 0 Å². The Bertz CT molecular complexity index is 1220. The van der Waals surface area contributed by atoms with Crippen LogP contribution in [0.3, 0.4) is 0 Å². The minimum absolute atomic E-state index is 0.0698. The van der Waals surface area contributed by atoms with Crippen LogP contribution in [0.2, 0.25) is 0 Å². The Labute approximate surface area is 188 Å². The number of hydrogen-bond donors (Lipinski definition) is 2. The molecule has 3 heterocycles. The average molecular weight is 482 g/mol. The van der Waals surface area contributed by atoms with E-state index >= 15 is 0 Å². The van der Waals surface area contributed by atoms with Gasteiger partial charge in [0.05, 0.1) is 47.8 Å². The Kier molecular flexibility index (Phi) is 7.01. The predicted molar refractivity (Wildman–Crippen MR) is 106 cm³/mol. The van der Waals surface area contributed by atoms with E-state index in [2.05, 4.69) is 30.8 Å². The number of carbonyl (C=O) groups excluding carboxylic acids is 1. The first kappa shape index (κ1) is 24.5. The number of hydrogen-bond acceptors (Lipinski definition) is 7. The van der Waals surface area contributed by atoms with Gasteiger partial charge in [-0.3, -0.25) is 4.98 Å². The number of ether oxygens (including phenoxy) is 1. The Morgan fingerprint density at radius 3 is 2.41 bits per heavy atom. The van der Waals surface area contributed by atoms with Crippen molar-refractivity contribution in [2.45, 2.75) is 25.6 Å². The number of amides is 2. The Morgan fingerprint density at radius 2 is 1.85 bits per heavy atom. The predicted octanol–water partition coefficient (Wildman–Crippen LogP) is 4.24. The Morgan fingerprint density at radius 1 is 1.18 bits per heavy atom. The lowest BCUT2D eigenvalue weighted by Gasteiger charge is -2.19. The molecule has 3 aromatic rings. The van der Waals surface area contributed by atoms with E-state index in [0.29, 0.717) is 10.9 Å². The van der Waals surface area contributed by atoms with Crippen LogP contribution >= 0.6 is 0 Å². The van der Waals surface area contributed by atoms with Crippen LogP contribution in [0.1, 0.15) is 41.8 Å². The molecule has 1 atom stereocenters. The van der Waals surface area contributed by atoms with Gasteiger partial charge in [0, 0.05) is 12.7 Å². The normalized spacial score (nSPS) is 12.3. The maximum absolute atomic E-state index is 13.5. The molecule has 2 N–H and O–H groups in total. The van der Waals surface area contributed by atoms with Gasteiger partial charge in [-0.2, -0.15) is 28.6 Å². The number of carbonyl (C=O) groups is 1. The van der Waals surface area contributed by atoms with E-state index in [-0.39, 0.29) is 16.9 Å². The molecule has 2 amide bonds. The van der Waals surface area contributed by atoms with Crippen LogP contribution in [0, 0.1) is 11.3 Å². The zero-order chi connectivity index (χ0) is 25.0. The number of alkyl halides is 5. The van der Waals surface area contributed by atoms with Crippen molar-refractivity contribution in [3.05, 3.63) is 53.2 Å². The molecule has 10 nitrogen and oxygen atoms in total. The van der Waals surface area contributed by atoms with Gasteiger partial charge in [0.1, 0.15) is 17.3 Å². The zero-order valence-electron chi connectivity index (χ0n) is 17.4. The molecule has 15 heteroatoms. The summed E-state index contributed by atoms with van der Waals surface area (Å²) in [5.41, 5.74) is -3.05. The molecule has 0 aromatic carbocycles. The summed E-state index contributed by atoms with van der Waals surface area (Å²) in [6, 6.07) is 1.21. The molecule has 0 bridgehead atoms. The second kappa shape index (κ2) is 9.75. The van der Waals surface area contributed by atoms with Gasteiger partial charge in [0.25, 0.3) is 6.43 Å². The highest BCUT2D eigenvalue weighted by molar-refractivity contribution is 6.00. The monoisotopic (exact) mass is 482 g/mol. The number of pyridine rings is 2. The highest BCUT2D eigenvalue weighted by atomic mass is 19.4. The molecule has 0 aliphatic rings. The van der Waals surface area contributed by atoms with Gasteiger partial charge in [-0.1, -0.05) is 0 Å². The van der Waals surface area contributed by atoms with Crippen molar-refractivity contribution < 1.29 is 31.5 Å². The summed E-state index contributed by atoms with van der Waals surface area (Å²) < 4.78 is 72.2. The fraction of sp³-hybridized carbons (Fsp3) is 0.263. The van der Waals surface area contributed by atoms with Crippen molar-refractivity contribution in [2.75, 3.05) is 17.7 Å². The Hall–Kier alpha value is -4.19. The fourth-order valence-corrected chi connectivity index (χ4v) is 2.97. The number of rotatable bonds is 6. The molecule has 0 saturated heterocycles. The minimum atomic E-state index is -4.85. The van der Waals surface area contributed by atoms with Crippen LogP contribution in [-0.2, 0) is 10.9 Å². The molecule has 0 radical (unpaired) electrons. The standard InChI is InChI=1S/C19H15F5N8O2/c1-9(34-2)14-11(6-25)15(16(20)21)26-8-13(14)31-18(33)30-10-5-12(19(22,23)24)17(27-7-10)32-28-3-4-29-32/h3-5,7-9,16H,1-2H3,(H2,30,31,33). The van der Waals surface area contributed by atoms with Gasteiger partial charge in [0.15, 0.2) is 5.82 Å². The van der Waals surface area contributed by atoms with Crippen LogP contribution < -0.4 is 10.6 Å². The lowest BCUT2D eigenvalue weighted by molar-refractivity contribution is -0.137. The van der Waals surface area contributed by atoms with E-state index in [1.54, 1.807) is 6.07 Å². The number of nitrogens with one attached hydrogen (secondary N) is 2. The topological polar surface area (TPSA) is 131 Å². The zero-order valence-corrected chi connectivity index (χ0v) is 17.4. The van der Waals surface area contributed by atoms with Gasteiger partial charge in [-0.05, 0) is 13.0 Å². The number of halogens is 5. The van der Waals surface area contributed by atoms with Crippen molar-refractivity contribution in [2.24, 2.45) is 0 Å². The third kappa shape index (κ3) is 5.07. The quantitative estimate of drug-likeness (QED) is 0.503. The lowest BCUT2D eigenvalue weighted by atomic mass is 10.0. The summed E-state index contributed by atoms with van der Waals surface area (Å²) in [5, 5.41) is 21.1. The molecule has 3 rings (SSSR count). The molecule has 178 valence electrons. The number of methoxy groups -OCH3 is 1. The summed E-state index contributed by atoms with van der Waals surface area (Å²) in [6.45, 7) is 1.45. The highest BCUT2D eigenvalue weighted by Crippen LogP contribution is 2.35. The molecule has 3 aromatic heterocycles. The van der Waals surface area contributed by atoms with Crippen molar-refractivity contribution in [1.82, 2.24) is 25.0 Å². The molecule has 0 aliphatic heterocycles. The van der Waals surface area contributed by atoms with E-state index < -0.39 is 47.4 Å². The number of aromatic nitrogens is 5. The van der Waals surface area contributed by atoms with E-state index in [9.17, 15) is 32.0 Å². The van der Waals surface area contributed by atoms with Crippen LogP contribution in [0.25, 0.3) is 5.82 Å². The summed E-state index contributed by atoms with van der Waals surface area (Å²) in [5.74, 6) is -0.606. The van der Waals surface area contributed by atoms with Crippen molar-refractivity contribution in [1.29, 1.82) is 5.26 Å². The maximum Gasteiger partial charge on any atom is 0.420 e. The first-order valence-electron chi connectivity index (χ1n) is 9.32. The summed E-state index contributed by atoms with van der Waals surface area (Å²) in [7, 11) is 1.26. The van der Waals surface area contributed by atoms with Crippen LogP contribution in [0.4, 0.5) is 38.1 Å². The molecule has 1 unspecified atom stereocenters. The smallest absolute Gasteiger partial charge is 0.377 e. The molecular weight excluding hydrogens is 467 g/mol. The van der Waals surface area contributed by atoms with E-state index in [1.165, 1.54) is 26.4 Å². The third-order valence-corrected chi connectivity index (χ3v) is 4.51. The third-order valence-electron chi connectivity index (χ3n) is 4.51. The van der Waals surface area contributed by atoms with Gasteiger partial charge in [-0.15, -0.1) is 4.80 Å². The molecule has 0 fully saturated rings. The first-order valence-corrected chi connectivity index (χ1v) is 9.32. The van der Waals surface area contributed by atoms with Gasteiger partial charge >= 0.3 is 12.2 Å². The van der Waals surface area contributed by atoms with Crippen LogP contribution in [0.5, 0.6) is 0 Å². The highest BCUT2D eigenvalue weighted by Gasteiger charge is 2.36. The second-order valence-electron chi connectivity index (χ2n) is 6.63. The van der Waals surface area contributed by atoms with Crippen molar-refractivity contribution in [3.8, 4) is 11.9 Å². The first-order chi connectivity index (χ1) is 16.1. The molecule has 0 saturated carbocycles. The van der Waals surface area contributed by atoms with Gasteiger partial charge in [0.2, 0.25) is 0 Å². The van der Waals surface area contributed by atoms with Crippen molar-refractivity contribution in [3.63, 3.8) is 0 Å². The lowest BCUT2D eigenvalue weighted by Crippen LogP contribution is -2.23. The fourth-order valence-electron chi connectivity index (χ4n) is 2.97. The number of nitrogens with zero attached hydrogens (tertiary/aromatic N) is 6. The SMILES string of the molecule is COC(C)c1c(NC(=O)Nc2cnc(-n3nccn3)c(C(F)(F)F)c2)cnc(C(F)F)c1C#N. The number of anilines is 2. The molecule has 34 heavy (non-hydrogen) atoms. The number of urea groups is 1. The summed E-state index contributed by atoms with van der Waals surface area (Å²) in [4.78, 5) is 20.4. The van der Waals surface area contributed by atoms with E-state index in [4.69, 9.17) is 4.74 Å². The minimum Gasteiger partial charge on any atom is -0.377 e. The van der Waals surface area contributed by atoms with Crippen LogP contribution in [0.15, 0.2) is 30.9 Å². The maximum atomic E-state index is 13.5. The van der Waals surface area contributed by atoms with Crippen molar-refractivity contribution >= 4 is 17.4 Å². The summed E-state index contributed by atoms with van der Waals surface area (Å²) >= 11 is 0. The van der Waals surface area contributed by atoms with Crippen LogP contribution in [-0.4, -0.2) is 38.1 Å². The van der Waals surface area contributed by atoms with Gasteiger partial charge < -0.3 is 15.4 Å². The molecular formula is C19H15F5N8O2.